The molecule has 0 aliphatic carbocycles. The van der Waals surface area contributed by atoms with Gasteiger partial charge >= 0.3 is 39.5 Å². The number of unbranched alkanes of at least 4 members (excludes halogenated alkanes) is 35. The van der Waals surface area contributed by atoms with E-state index < -0.39 is 97.5 Å². The number of phosphoric acid groups is 2. The third-order valence-electron chi connectivity index (χ3n) is 16.5. The molecule has 0 saturated heterocycles. The molecule has 0 saturated carbocycles. The highest BCUT2D eigenvalue weighted by molar-refractivity contribution is 7.47. The smallest absolute Gasteiger partial charge is 0.462 e. The largest absolute Gasteiger partial charge is 0.472 e. The Morgan fingerprint density at radius 2 is 0.573 bits per heavy atom. The summed E-state index contributed by atoms with van der Waals surface area (Å²) >= 11 is 0. The van der Waals surface area contributed by atoms with E-state index in [1.165, 1.54) is 154 Å². The Kier molecular flexibility index (Phi) is 59.6. The molecule has 0 radical (unpaired) electrons. The Morgan fingerprint density at radius 3 is 0.854 bits per heavy atom. The van der Waals surface area contributed by atoms with Gasteiger partial charge in [-0.15, -0.1) is 0 Å². The van der Waals surface area contributed by atoms with Crippen LogP contribution in [0.2, 0.25) is 0 Å². The maximum atomic E-state index is 13.0. The highest BCUT2D eigenvalue weighted by atomic mass is 31.2. The number of phosphoric ester groups is 2. The normalized spacial score (nSPS) is 14.5. The summed E-state index contributed by atoms with van der Waals surface area (Å²) in [6.07, 6.45) is 44.6. The zero-order valence-corrected chi connectivity index (χ0v) is 59.7. The summed E-state index contributed by atoms with van der Waals surface area (Å²) in [4.78, 5) is 72.5. The standard InChI is InChI=1S/C70H136O17P2/c1-8-10-11-12-13-14-15-22-25-28-37-44-51-67(72)80-57-65(86-69(74)53-46-39-29-26-23-20-18-16-17-19-21-24-27-34-41-48-61(3)4)59-84-88(76,77)82-55-64(71)56-83-89(78,79)85-60-66(58-81-68(73)52-45-38-32-30-35-42-49-62(5)6)87-70(75)54-47-40-33-31-36-43-50-63(7)9-2/h61-66,71H,8-60H2,1-7H3,(H,76,77)(H,78,79)/t63?,64-,65-,66-/m1/s1. The van der Waals surface area contributed by atoms with Crippen molar-refractivity contribution >= 4 is 39.5 Å². The lowest BCUT2D eigenvalue weighted by Gasteiger charge is -2.21. The van der Waals surface area contributed by atoms with E-state index in [-0.39, 0.29) is 25.7 Å². The van der Waals surface area contributed by atoms with Gasteiger partial charge in [0.1, 0.15) is 19.3 Å². The van der Waals surface area contributed by atoms with Gasteiger partial charge in [-0.25, -0.2) is 9.13 Å². The van der Waals surface area contributed by atoms with Crippen LogP contribution < -0.4 is 0 Å². The summed E-state index contributed by atoms with van der Waals surface area (Å²) < 4.78 is 68.2. The molecular weight excluding hydrogens is 1170 g/mol. The number of hydrogen-bond donors (Lipinski definition) is 3. The van der Waals surface area contributed by atoms with E-state index in [0.717, 1.165) is 108 Å². The zero-order chi connectivity index (χ0) is 65.9. The van der Waals surface area contributed by atoms with Crippen molar-refractivity contribution in [3.8, 4) is 0 Å². The van der Waals surface area contributed by atoms with Crippen LogP contribution in [0.5, 0.6) is 0 Å². The SMILES string of the molecule is CCCCCCCCCCCCCCC(=O)OC[C@H](COP(=O)(O)OC[C@@H](O)COP(=O)(O)OC[C@@H](COC(=O)CCCCCCCCC(C)C)OC(=O)CCCCCCCCC(C)CC)OC(=O)CCCCCCCCCCCCCCCCCC(C)C. The number of carbonyl (C=O) groups excluding carboxylic acids is 4. The molecule has 0 rings (SSSR count). The van der Waals surface area contributed by atoms with Gasteiger partial charge in [0.05, 0.1) is 26.4 Å². The molecule has 17 nitrogen and oxygen atoms in total. The first kappa shape index (κ1) is 87.1. The van der Waals surface area contributed by atoms with E-state index in [2.05, 4.69) is 48.5 Å². The highest BCUT2D eigenvalue weighted by Crippen LogP contribution is 2.45. The van der Waals surface area contributed by atoms with Crippen molar-refractivity contribution in [2.45, 2.75) is 369 Å². The van der Waals surface area contributed by atoms with Crippen molar-refractivity contribution in [2.75, 3.05) is 39.6 Å². The number of esters is 4. The van der Waals surface area contributed by atoms with Gasteiger partial charge in [0.25, 0.3) is 0 Å². The number of ether oxygens (including phenoxy) is 4. The Morgan fingerprint density at radius 1 is 0.326 bits per heavy atom. The zero-order valence-electron chi connectivity index (χ0n) is 57.9. The molecule has 3 N–H and O–H groups in total. The predicted octanol–water partition coefficient (Wildman–Crippen LogP) is 19.8. The summed E-state index contributed by atoms with van der Waals surface area (Å²) in [6.45, 7) is 11.7. The van der Waals surface area contributed by atoms with Gasteiger partial charge < -0.3 is 33.8 Å². The minimum Gasteiger partial charge on any atom is -0.462 e. The molecule has 0 aromatic carbocycles. The Bertz CT molecular complexity index is 1750. The maximum Gasteiger partial charge on any atom is 0.472 e. The van der Waals surface area contributed by atoms with Crippen LogP contribution in [0, 0.1) is 17.8 Å². The summed E-state index contributed by atoms with van der Waals surface area (Å²) in [5.74, 6) is 0.0718. The number of rotatable bonds is 68. The van der Waals surface area contributed by atoms with E-state index in [1.54, 1.807) is 0 Å². The van der Waals surface area contributed by atoms with Crippen LogP contribution in [0.15, 0.2) is 0 Å². The fraction of sp³-hybridized carbons (Fsp3) is 0.943. The molecular formula is C70H136O17P2. The van der Waals surface area contributed by atoms with Gasteiger partial charge in [-0.1, -0.05) is 299 Å². The average molecular weight is 1310 g/mol. The van der Waals surface area contributed by atoms with Crippen LogP contribution in [-0.4, -0.2) is 96.7 Å². The topological polar surface area (TPSA) is 237 Å². The second kappa shape index (κ2) is 61.0. The van der Waals surface area contributed by atoms with E-state index in [0.29, 0.717) is 31.6 Å². The van der Waals surface area contributed by atoms with Crippen LogP contribution in [0.4, 0.5) is 0 Å². The number of aliphatic hydroxyl groups excluding tert-OH is 1. The molecule has 528 valence electrons. The first-order valence-electron chi connectivity index (χ1n) is 36.4. The quantitative estimate of drug-likeness (QED) is 0.0222. The lowest BCUT2D eigenvalue weighted by Crippen LogP contribution is -2.30. The fourth-order valence-corrected chi connectivity index (χ4v) is 12.1. The lowest BCUT2D eigenvalue weighted by atomic mass is 10.00. The molecule has 0 aromatic heterocycles. The van der Waals surface area contributed by atoms with Crippen molar-refractivity contribution in [2.24, 2.45) is 17.8 Å². The first-order valence-corrected chi connectivity index (χ1v) is 39.4. The van der Waals surface area contributed by atoms with E-state index in [4.69, 9.17) is 37.0 Å². The number of carbonyl (C=O) groups is 4. The van der Waals surface area contributed by atoms with Crippen LogP contribution in [0.1, 0.15) is 350 Å². The predicted molar refractivity (Wildman–Crippen MR) is 358 cm³/mol. The Balaban J connectivity index is 5.22. The molecule has 0 fully saturated rings. The second-order valence-electron chi connectivity index (χ2n) is 26.5. The van der Waals surface area contributed by atoms with Gasteiger partial charge in [-0.2, -0.15) is 0 Å². The Hall–Kier alpha value is -1.94. The van der Waals surface area contributed by atoms with Gasteiger partial charge in [0, 0.05) is 25.7 Å². The van der Waals surface area contributed by atoms with Crippen LogP contribution in [0.3, 0.4) is 0 Å². The molecule has 89 heavy (non-hydrogen) atoms. The molecule has 0 amide bonds. The molecule has 0 aromatic rings. The minimum absolute atomic E-state index is 0.102. The second-order valence-corrected chi connectivity index (χ2v) is 29.4. The molecule has 0 bridgehead atoms. The molecule has 6 atom stereocenters. The van der Waals surface area contributed by atoms with Crippen LogP contribution in [0.25, 0.3) is 0 Å². The summed E-state index contributed by atoms with van der Waals surface area (Å²) in [6, 6.07) is 0. The third kappa shape index (κ3) is 63.2. The maximum absolute atomic E-state index is 13.0. The lowest BCUT2D eigenvalue weighted by molar-refractivity contribution is -0.161. The van der Waals surface area contributed by atoms with Gasteiger partial charge in [0.15, 0.2) is 12.2 Å². The molecule has 0 aliphatic rings. The molecule has 0 spiro atoms. The van der Waals surface area contributed by atoms with Crippen molar-refractivity contribution < 1.29 is 80.2 Å². The van der Waals surface area contributed by atoms with Crippen molar-refractivity contribution in [1.82, 2.24) is 0 Å². The van der Waals surface area contributed by atoms with Crippen molar-refractivity contribution in [3.05, 3.63) is 0 Å². The van der Waals surface area contributed by atoms with Gasteiger partial charge in [0.2, 0.25) is 0 Å². The minimum atomic E-state index is -4.95. The van der Waals surface area contributed by atoms with Gasteiger partial charge in [-0.05, 0) is 43.4 Å². The third-order valence-corrected chi connectivity index (χ3v) is 18.4. The Labute approximate surface area is 543 Å². The summed E-state index contributed by atoms with van der Waals surface area (Å²) in [5.41, 5.74) is 0. The average Bonchev–Trinajstić information content (AvgIpc) is 3.68. The highest BCUT2D eigenvalue weighted by Gasteiger charge is 2.30. The molecule has 19 heteroatoms. The van der Waals surface area contributed by atoms with E-state index in [9.17, 15) is 43.2 Å². The molecule has 0 heterocycles. The summed E-state index contributed by atoms with van der Waals surface area (Å²) in [5, 5.41) is 10.6. The first-order chi connectivity index (χ1) is 42.8. The summed E-state index contributed by atoms with van der Waals surface area (Å²) in [7, 11) is -9.90. The van der Waals surface area contributed by atoms with Crippen LogP contribution >= 0.6 is 15.6 Å². The van der Waals surface area contributed by atoms with Crippen LogP contribution in [-0.2, 0) is 65.4 Å². The van der Waals surface area contributed by atoms with Gasteiger partial charge in [-0.3, -0.25) is 37.3 Å². The number of aliphatic hydroxyl groups is 1. The monoisotopic (exact) mass is 1310 g/mol. The fourth-order valence-electron chi connectivity index (χ4n) is 10.5. The van der Waals surface area contributed by atoms with E-state index >= 15 is 0 Å². The number of hydrogen-bond acceptors (Lipinski definition) is 15. The van der Waals surface area contributed by atoms with Crippen molar-refractivity contribution in [1.29, 1.82) is 0 Å². The van der Waals surface area contributed by atoms with Crippen molar-refractivity contribution in [3.63, 3.8) is 0 Å². The molecule has 0 aliphatic heterocycles. The molecule has 3 unspecified atom stereocenters. The van der Waals surface area contributed by atoms with E-state index in [1.807, 2.05) is 0 Å².